The van der Waals surface area contributed by atoms with E-state index in [4.69, 9.17) is 0 Å². The minimum atomic E-state index is -0.633. The Morgan fingerprint density at radius 2 is 1.84 bits per heavy atom. The van der Waals surface area contributed by atoms with E-state index in [2.05, 4.69) is 22.9 Å². The summed E-state index contributed by atoms with van der Waals surface area (Å²) >= 11 is 3.54. The molecule has 0 aliphatic heterocycles. The summed E-state index contributed by atoms with van der Waals surface area (Å²) in [4.78, 5) is 12.3. The number of rotatable bonds is 4. The average molecular weight is 333 g/mol. The molecule has 2 aliphatic carbocycles. The van der Waals surface area contributed by atoms with Crippen molar-refractivity contribution in [2.75, 3.05) is 0 Å². The second-order valence-electron chi connectivity index (χ2n) is 6.42. The van der Waals surface area contributed by atoms with E-state index in [1.54, 1.807) is 0 Å². The molecule has 0 spiro atoms. The number of alkyl halides is 2. The van der Waals surface area contributed by atoms with Crippen molar-refractivity contribution in [3.63, 3.8) is 0 Å². The summed E-state index contributed by atoms with van der Waals surface area (Å²) in [5.74, 6) is 1.51. The molecule has 0 amide bonds. The number of carbonyl (C=O) groups is 1. The van der Waals surface area contributed by atoms with Crippen molar-refractivity contribution in [2.24, 2.45) is 17.8 Å². The third kappa shape index (κ3) is 4.03. The number of hydrogen-bond acceptors (Lipinski definition) is 1. The zero-order valence-corrected chi connectivity index (χ0v) is 13.5. The standard InChI is InChI=1S/C16H26BrFO/c1-2-3-16(19)12-6-4-11(5-7-12)14-9-8-13(17)10-15(14)18/h11-15H,2-10H2,1H3. The molecule has 3 unspecified atom stereocenters. The van der Waals surface area contributed by atoms with Gasteiger partial charge in [-0.25, -0.2) is 4.39 Å². The van der Waals surface area contributed by atoms with Gasteiger partial charge in [0, 0.05) is 17.2 Å². The molecule has 0 aromatic rings. The molecule has 0 radical (unpaired) electrons. The summed E-state index contributed by atoms with van der Waals surface area (Å²) in [6, 6.07) is 0. The van der Waals surface area contributed by atoms with E-state index < -0.39 is 6.17 Å². The molecular weight excluding hydrogens is 307 g/mol. The minimum Gasteiger partial charge on any atom is -0.299 e. The van der Waals surface area contributed by atoms with Crippen LogP contribution in [0, 0.1) is 17.8 Å². The highest BCUT2D eigenvalue weighted by molar-refractivity contribution is 9.09. The number of ketones is 1. The molecule has 2 saturated carbocycles. The summed E-state index contributed by atoms with van der Waals surface area (Å²) in [6.07, 6.45) is 8.02. The molecule has 0 N–H and O–H groups in total. The van der Waals surface area contributed by atoms with Gasteiger partial charge in [0.25, 0.3) is 0 Å². The molecule has 0 bridgehead atoms. The van der Waals surface area contributed by atoms with E-state index in [0.29, 0.717) is 22.9 Å². The van der Waals surface area contributed by atoms with Crippen LogP contribution in [0.25, 0.3) is 0 Å². The molecule has 2 fully saturated rings. The van der Waals surface area contributed by atoms with E-state index >= 15 is 0 Å². The first-order valence-electron chi connectivity index (χ1n) is 7.92. The number of carbonyl (C=O) groups excluding carboxylic acids is 1. The Labute approximate surface area is 124 Å². The van der Waals surface area contributed by atoms with Crippen molar-refractivity contribution >= 4 is 21.7 Å². The van der Waals surface area contributed by atoms with Gasteiger partial charge in [0.15, 0.2) is 0 Å². The lowest BCUT2D eigenvalue weighted by Gasteiger charge is -2.38. The predicted molar refractivity (Wildman–Crippen MR) is 80.3 cm³/mol. The Balaban J connectivity index is 1.81. The second kappa shape index (κ2) is 7.19. The van der Waals surface area contributed by atoms with E-state index in [0.717, 1.165) is 51.4 Å². The number of hydrogen-bond donors (Lipinski definition) is 0. The SMILES string of the molecule is CCCC(=O)C1CCC(C2CCC(Br)CC2F)CC1. The van der Waals surface area contributed by atoms with Crippen LogP contribution < -0.4 is 0 Å². The Bertz CT molecular complexity index is 299. The third-order valence-electron chi connectivity index (χ3n) is 5.09. The number of halogens is 2. The van der Waals surface area contributed by atoms with Crippen LogP contribution in [0.3, 0.4) is 0 Å². The molecule has 0 aromatic carbocycles. The normalized spacial score (nSPS) is 40.1. The van der Waals surface area contributed by atoms with Gasteiger partial charge < -0.3 is 0 Å². The van der Waals surface area contributed by atoms with Crippen molar-refractivity contribution in [2.45, 2.75) is 75.7 Å². The summed E-state index contributed by atoms with van der Waals surface area (Å²) < 4.78 is 14.2. The quantitative estimate of drug-likeness (QED) is 0.657. The molecule has 3 atom stereocenters. The predicted octanol–water partition coefficient (Wildman–Crippen LogP) is 5.06. The molecule has 2 rings (SSSR count). The molecule has 0 aromatic heterocycles. The minimum absolute atomic E-state index is 0.260. The lowest BCUT2D eigenvalue weighted by Crippen LogP contribution is -2.35. The van der Waals surface area contributed by atoms with Crippen LogP contribution in [0.15, 0.2) is 0 Å². The molecule has 1 nitrogen and oxygen atoms in total. The monoisotopic (exact) mass is 332 g/mol. The first-order valence-corrected chi connectivity index (χ1v) is 8.84. The van der Waals surface area contributed by atoms with Gasteiger partial charge in [0.1, 0.15) is 12.0 Å². The van der Waals surface area contributed by atoms with E-state index in [-0.39, 0.29) is 11.8 Å². The summed E-state index contributed by atoms with van der Waals surface area (Å²) in [6.45, 7) is 2.07. The first-order chi connectivity index (χ1) is 9.11. The van der Waals surface area contributed by atoms with Gasteiger partial charge >= 0.3 is 0 Å². The van der Waals surface area contributed by atoms with Crippen LogP contribution in [0.5, 0.6) is 0 Å². The maximum atomic E-state index is 14.2. The first kappa shape index (κ1) is 15.5. The van der Waals surface area contributed by atoms with Crippen molar-refractivity contribution in [3.05, 3.63) is 0 Å². The molecule has 110 valence electrons. The highest BCUT2D eigenvalue weighted by Gasteiger charge is 2.37. The summed E-state index contributed by atoms with van der Waals surface area (Å²) in [5.41, 5.74) is 0. The van der Waals surface area contributed by atoms with Gasteiger partial charge in [-0.2, -0.15) is 0 Å². The fraction of sp³-hybridized carbons (Fsp3) is 0.938. The largest absolute Gasteiger partial charge is 0.299 e. The lowest BCUT2D eigenvalue weighted by molar-refractivity contribution is -0.124. The van der Waals surface area contributed by atoms with Crippen LogP contribution >= 0.6 is 15.9 Å². The van der Waals surface area contributed by atoms with Crippen LogP contribution in [-0.4, -0.2) is 16.8 Å². The van der Waals surface area contributed by atoms with Crippen molar-refractivity contribution in [3.8, 4) is 0 Å². The van der Waals surface area contributed by atoms with Crippen molar-refractivity contribution < 1.29 is 9.18 Å². The Morgan fingerprint density at radius 3 is 2.42 bits per heavy atom. The fourth-order valence-corrected chi connectivity index (χ4v) is 4.56. The van der Waals surface area contributed by atoms with Gasteiger partial charge in [0.05, 0.1) is 0 Å². The van der Waals surface area contributed by atoms with E-state index in [1.165, 1.54) is 0 Å². The van der Waals surface area contributed by atoms with Gasteiger partial charge in [-0.15, -0.1) is 0 Å². The van der Waals surface area contributed by atoms with Crippen LogP contribution in [0.1, 0.15) is 64.7 Å². The molecule has 2 aliphatic rings. The molecule has 3 heteroatoms. The Morgan fingerprint density at radius 1 is 1.16 bits per heavy atom. The Hall–Kier alpha value is 0.0800. The second-order valence-corrected chi connectivity index (χ2v) is 7.71. The highest BCUT2D eigenvalue weighted by atomic mass is 79.9. The third-order valence-corrected chi connectivity index (χ3v) is 5.92. The van der Waals surface area contributed by atoms with Crippen LogP contribution in [-0.2, 0) is 4.79 Å². The van der Waals surface area contributed by atoms with Gasteiger partial charge in [-0.1, -0.05) is 22.9 Å². The highest BCUT2D eigenvalue weighted by Crippen LogP contribution is 2.42. The molecular formula is C16H26BrFO. The fourth-order valence-electron chi connectivity index (χ4n) is 3.94. The zero-order chi connectivity index (χ0) is 13.8. The topological polar surface area (TPSA) is 17.1 Å². The Kier molecular flexibility index (Phi) is 5.86. The molecule has 0 saturated heterocycles. The average Bonchev–Trinajstić information content (AvgIpc) is 2.39. The van der Waals surface area contributed by atoms with E-state index in [1.807, 2.05) is 0 Å². The van der Waals surface area contributed by atoms with Crippen LogP contribution in [0.4, 0.5) is 4.39 Å². The maximum Gasteiger partial charge on any atom is 0.135 e. The van der Waals surface area contributed by atoms with E-state index in [9.17, 15) is 9.18 Å². The number of Topliss-reactive ketones (excluding diaryl/α,β-unsaturated/α-hetero) is 1. The lowest BCUT2D eigenvalue weighted by atomic mass is 9.69. The summed E-state index contributed by atoms with van der Waals surface area (Å²) in [7, 11) is 0. The van der Waals surface area contributed by atoms with Crippen molar-refractivity contribution in [1.29, 1.82) is 0 Å². The molecule has 0 heterocycles. The van der Waals surface area contributed by atoms with Gasteiger partial charge in [0.2, 0.25) is 0 Å². The maximum absolute atomic E-state index is 14.2. The smallest absolute Gasteiger partial charge is 0.135 e. The summed E-state index contributed by atoms with van der Waals surface area (Å²) in [5, 5.41) is 0. The zero-order valence-electron chi connectivity index (χ0n) is 11.9. The van der Waals surface area contributed by atoms with Gasteiger partial charge in [-0.3, -0.25) is 4.79 Å². The van der Waals surface area contributed by atoms with Gasteiger partial charge in [-0.05, 0) is 63.2 Å². The van der Waals surface area contributed by atoms with Crippen LogP contribution in [0.2, 0.25) is 0 Å². The molecule has 19 heavy (non-hydrogen) atoms. The van der Waals surface area contributed by atoms with Crippen molar-refractivity contribution in [1.82, 2.24) is 0 Å².